The van der Waals surface area contributed by atoms with Crippen molar-refractivity contribution in [3.05, 3.63) is 30.6 Å². The molecule has 0 aromatic carbocycles. The summed E-state index contributed by atoms with van der Waals surface area (Å²) in [5.74, 6) is -2.24. The summed E-state index contributed by atoms with van der Waals surface area (Å²) in [7, 11) is 3.43. The summed E-state index contributed by atoms with van der Waals surface area (Å²) in [6, 6.07) is 1.76. The van der Waals surface area contributed by atoms with Crippen LogP contribution in [0, 0.1) is 0 Å². The van der Waals surface area contributed by atoms with Gasteiger partial charge >= 0.3 is 17.8 Å². The number of esters is 2. The van der Waals surface area contributed by atoms with E-state index in [0.717, 1.165) is 25.1 Å². The van der Waals surface area contributed by atoms with Gasteiger partial charge in [-0.25, -0.2) is 9.59 Å². The summed E-state index contributed by atoms with van der Waals surface area (Å²) >= 11 is 0. The number of anilines is 1. The van der Waals surface area contributed by atoms with Crippen molar-refractivity contribution in [2.45, 2.75) is 12.3 Å². The molecule has 1 aromatic rings. The number of likely N-dealkylation sites (N-methyl/N-ethyl adjacent to an activating group) is 1. The van der Waals surface area contributed by atoms with Crippen LogP contribution in [0.15, 0.2) is 30.6 Å². The number of carbonyl (C=O) groups excluding carboxylic acids is 2. The van der Waals surface area contributed by atoms with Crippen LogP contribution in [-0.4, -0.2) is 61.5 Å². The Hall–Kier alpha value is -2.61. The molecule has 2 aliphatic rings. The van der Waals surface area contributed by atoms with E-state index in [4.69, 9.17) is 14.2 Å². The van der Waals surface area contributed by atoms with Gasteiger partial charge in [-0.05, 0) is 20.0 Å². The maximum absolute atomic E-state index is 12.0. The first-order valence-electron chi connectivity index (χ1n) is 7.62. The van der Waals surface area contributed by atoms with E-state index < -0.39 is 17.8 Å². The average Bonchev–Trinajstić information content (AvgIpc) is 2.80. The number of carbonyl (C=O) groups is 2. The monoisotopic (exact) mass is 333 g/mol. The third-order valence-electron chi connectivity index (χ3n) is 3.92. The van der Waals surface area contributed by atoms with Gasteiger partial charge in [0.15, 0.2) is 0 Å². The lowest BCUT2D eigenvalue weighted by atomic mass is 10.2. The molecule has 128 valence electrons. The summed E-state index contributed by atoms with van der Waals surface area (Å²) in [6.07, 6.45) is 6.15. The number of hydrogen-bond acceptors (Lipinski definition) is 8. The van der Waals surface area contributed by atoms with Crippen molar-refractivity contribution >= 4 is 17.6 Å². The predicted molar refractivity (Wildman–Crippen MR) is 84.3 cm³/mol. The highest BCUT2D eigenvalue weighted by molar-refractivity contribution is 5.93. The summed E-state index contributed by atoms with van der Waals surface area (Å²) in [5, 5.41) is 0. The second-order valence-electron chi connectivity index (χ2n) is 5.71. The number of methoxy groups -OCH3 is 1. The molecular weight excluding hydrogens is 314 g/mol. The van der Waals surface area contributed by atoms with Crippen molar-refractivity contribution in [2.24, 2.45) is 0 Å². The summed E-state index contributed by atoms with van der Waals surface area (Å²) in [5.41, 5.74) is 0.646. The normalized spacial score (nSPS) is 21.0. The maximum Gasteiger partial charge on any atom is 0.356 e. The number of rotatable bonds is 2. The van der Waals surface area contributed by atoms with Crippen LogP contribution < -0.4 is 9.64 Å². The van der Waals surface area contributed by atoms with Crippen LogP contribution in [0.3, 0.4) is 0 Å². The first-order chi connectivity index (χ1) is 11.5. The average molecular weight is 333 g/mol. The molecule has 0 atom stereocenters. The number of aromatic nitrogens is 1. The zero-order chi connectivity index (χ0) is 17.2. The van der Waals surface area contributed by atoms with Crippen LogP contribution in [-0.2, 0) is 19.1 Å². The highest BCUT2D eigenvalue weighted by Gasteiger charge is 2.48. The standard InChI is InChI=1S/C16H19N3O5/c1-18-6-3-7-19(12-8-13(22-2)10-17-9-12)16(11-18)23-14(20)4-5-15(21)24-16/h4-5,8-10H,3,6-7,11H2,1-2H3. The highest BCUT2D eigenvalue weighted by Crippen LogP contribution is 2.32. The van der Waals surface area contributed by atoms with E-state index in [9.17, 15) is 9.59 Å². The fraction of sp³-hybridized carbons (Fsp3) is 0.438. The molecule has 0 N–H and O–H groups in total. The summed E-state index contributed by atoms with van der Waals surface area (Å²) in [4.78, 5) is 31.8. The van der Waals surface area contributed by atoms with Crippen molar-refractivity contribution in [2.75, 3.05) is 38.7 Å². The zero-order valence-corrected chi connectivity index (χ0v) is 13.6. The topological polar surface area (TPSA) is 81.2 Å². The number of hydrogen-bond donors (Lipinski definition) is 0. The molecule has 0 saturated carbocycles. The van der Waals surface area contributed by atoms with E-state index in [1.165, 1.54) is 0 Å². The minimum atomic E-state index is -1.54. The molecule has 0 unspecified atom stereocenters. The van der Waals surface area contributed by atoms with E-state index in [1.807, 2.05) is 11.9 Å². The van der Waals surface area contributed by atoms with E-state index in [1.54, 1.807) is 30.5 Å². The lowest BCUT2D eigenvalue weighted by molar-refractivity contribution is -0.223. The Morgan fingerprint density at radius 2 is 1.88 bits per heavy atom. The molecule has 8 nitrogen and oxygen atoms in total. The molecular formula is C16H19N3O5. The quantitative estimate of drug-likeness (QED) is 0.726. The molecule has 0 amide bonds. The van der Waals surface area contributed by atoms with Crippen molar-refractivity contribution in [1.82, 2.24) is 9.88 Å². The van der Waals surface area contributed by atoms with Crippen LogP contribution in [0.1, 0.15) is 6.42 Å². The Morgan fingerprint density at radius 1 is 1.17 bits per heavy atom. The Bertz CT molecular complexity index is 655. The molecule has 8 heteroatoms. The van der Waals surface area contributed by atoms with Gasteiger partial charge in [-0.3, -0.25) is 14.8 Å². The van der Waals surface area contributed by atoms with E-state index >= 15 is 0 Å². The number of nitrogens with zero attached hydrogens (tertiary/aromatic N) is 3. The summed E-state index contributed by atoms with van der Waals surface area (Å²) in [6.45, 7) is 1.53. The number of ether oxygens (including phenoxy) is 3. The fourth-order valence-electron chi connectivity index (χ4n) is 2.88. The van der Waals surface area contributed by atoms with Gasteiger partial charge in [-0.2, -0.15) is 0 Å². The van der Waals surface area contributed by atoms with Crippen LogP contribution in [0.5, 0.6) is 5.75 Å². The first kappa shape index (κ1) is 16.3. The number of pyridine rings is 1. The fourth-order valence-corrected chi connectivity index (χ4v) is 2.88. The van der Waals surface area contributed by atoms with E-state index in [2.05, 4.69) is 4.98 Å². The molecule has 0 bridgehead atoms. The van der Waals surface area contributed by atoms with Gasteiger partial charge in [0.25, 0.3) is 0 Å². The Kier molecular flexibility index (Phi) is 4.39. The van der Waals surface area contributed by atoms with Gasteiger partial charge < -0.3 is 14.2 Å². The molecule has 1 fully saturated rings. The molecule has 24 heavy (non-hydrogen) atoms. The summed E-state index contributed by atoms with van der Waals surface area (Å²) < 4.78 is 16.3. The second-order valence-corrected chi connectivity index (χ2v) is 5.71. The van der Waals surface area contributed by atoms with Gasteiger partial charge in [0.1, 0.15) is 5.75 Å². The van der Waals surface area contributed by atoms with Crippen molar-refractivity contribution in [3.63, 3.8) is 0 Å². The van der Waals surface area contributed by atoms with Crippen molar-refractivity contribution in [1.29, 1.82) is 0 Å². The second kappa shape index (κ2) is 6.48. The maximum atomic E-state index is 12.0. The minimum absolute atomic E-state index is 0.226. The van der Waals surface area contributed by atoms with Crippen LogP contribution in [0.25, 0.3) is 0 Å². The molecule has 3 rings (SSSR count). The third-order valence-corrected chi connectivity index (χ3v) is 3.92. The van der Waals surface area contributed by atoms with Crippen LogP contribution in [0.4, 0.5) is 5.69 Å². The first-order valence-corrected chi connectivity index (χ1v) is 7.62. The van der Waals surface area contributed by atoms with E-state index in [-0.39, 0.29) is 6.54 Å². The Labute approximate surface area is 139 Å². The lowest BCUT2D eigenvalue weighted by Crippen LogP contribution is -2.59. The molecule has 3 heterocycles. The zero-order valence-electron chi connectivity index (χ0n) is 13.6. The van der Waals surface area contributed by atoms with Crippen LogP contribution in [0.2, 0.25) is 0 Å². The lowest BCUT2D eigenvalue weighted by Gasteiger charge is -2.41. The molecule has 2 aliphatic heterocycles. The molecule has 0 radical (unpaired) electrons. The van der Waals surface area contributed by atoms with E-state index in [0.29, 0.717) is 18.0 Å². The van der Waals surface area contributed by atoms with Gasteiger partial charge in [0.05, 0.1) is 31.7 Å². The molecule has 0 aliphatic carbocycles. The third kappa shape index (κ3) is 3.18. The van der Waals surface area contributed by atoms with Gasteiger partial charge in [-0.15, -0.1) is 0 Å². The van der Waals surface area contributed by atoms with Gasteiger partial charge in [0, 0.05) is 24.8 Å². The predicted octanol–water partition coefficient (Wildman–Crippen LogP) is 0.542. The largest absolute Gasteiger partial charge is 0.495 e. The molecule has 1 saturated heterocycles. The molecule has 1 spiro atoms. The SMILES string of the molecule is COc1cncc(N2CCCN(C)CC23OC(=O)C=CC(=O)O3)c1. The molecule has 1 aromatic heterocycles. The Balaban J connectivity index is 2.05. The van der Waals surface area contributed by atoms with Crippen LogP contribution >= 0.6 is 0 Å². The van der Waals surface area contributed by atoms with Gasteiger partial charge in [-0.1, -0.05) is 0 Å². The van der Waals surface area contributed by atoms with Crippen molar-refractivity contribution < 1.29 is 23.8 Å². The highest BCUT2D eigenvalue weighted by atomic mass is 16.8. The van der Waals surface area contributed by atoms with Gasteiger partial charge in [0.2, 0.25) is 0 Å². The Morgan fingerprint density at radius 3 is 2.54 bits per heavy atom. The minimum Gasteiger partial charge on any atom is -0.495 e. The van der Waals surface area contributed by atoms with Crippen molar-refractivity contribution in [3.8, 4) is 5.75 Å². The smallest absolute Gasteiger partial charge is 0.356 e.